The van der Waals surface area contributed by atoms with E-state index in [0.29, 0.717) is 0 Å². The molecule has 3 rings (SSSR count). The van der Waals surface area contributed by atoms with Crippen LogP contribution in [0.25, 0.3) is 11.0 Å². The van der Waals surface area contributed by atoms with Gasteiger partial charge < -0.3 is 10.3 Å². The Hall–Kier alpha value is -0.870. The Labute approximate surface area is 128 Å². The van der Waals surface area contributed by atoms with Gasteiger partial charge in [0.25, 0.3) is 0 Å². The lowest BCUT2D eigenvalue weighted by Crippen LogP contribution is -2.40. The molecule has 1 fully saturated rings. The summed E-state index contributed by atoms with van der Waals surface area (Å²) < 4.78 is 3.46. The van der Waals surface area contributed by atoms with Crippen LogP contribution in [0.3, 0.4) is 0 Å². The third-order valence-electron chi connectivity index (χ3n) is 4.70. The van der Waals surface area contributed by atoms with Crippen molar-refractivity contribution in [2.24, 2.45) is 5.73 Å². The second kappa shape index (κ2) is 5.15. The molecule has 1 aromatic heterocycles. The largest absolute Gasteiger partial charge is 0.327 e. The maximum atomic E-state index is 6.40. The lowest BCUT2D eigenvalue weighted by molar-refractivity contribution is 0.386. The van der Waals surface area contributed by atoms with Crippen molar-refractivity contribution >= 4 is 27.0 Å². The van der Waals surface area contributed by atoms with E-state index in [0.717, 1.165) is 35.8 Å². The fourth-order valence-electron chi connectivity index (χ4n) is 3.46. The zero-order valence-electron chi connectivity index (χ0n) is 12.2. The summed E-state index contributed by atoms with van der Waals surface area (Å²) in [4.78, 5) is 4.95. The Morgan fingerprint density at radius 2 is 2.30 bits per heavy atom. The Bertz CT molecular complexity index is 634. The van der Waals surface area contributed by atoms with Gasteiger partial charge in [0, 0.05) is 22.5 Å². The van der Waals surface area contributed by atoms with Crippen molar-refractivity contribution in [3.05, 3.63) is 28.5 Å². The number of rotatable bonds is 3. The number of aryl methyl sites for hydroxylation is 1. The number of imidazole rings is 1. The molecule has 2 N–H and O–H groups in total. The molecule has 2 aromatic rings. The summed E-state index contributed by atoms with van der Waals surface area (Å²) in [6.07, 6.45) is 4.56. The highest BCUT2D eigenvalue weighted by Gasteiger charge is 2.41. The van der Waals surface area contributed by atoms with Crippen LogP contribution >= 0.6 is 15.9 Å². The molecule has 1 aromatic carbocycles. The minimum absolute atomic E-state index is 0.0145. The molecule has 1 aliphatic rings. The number of benzene rings is 1. The molecule has 0 radical (unpaired) electrons. The third kappa shape index (κ3) is 2.09. The molecule has 20 heavy (non-hydrogen) atoms. The maximum Gasteiger partial charge on any atom is 0.117 e. The van der Waals surface area contributed by atoms with Crippen LogP contribution in [0.4, 0.5) is 0 Å². The fraction of sp³-hybridized carbons (Fsp3) is 0.562. The maximum absolute atomic E-state index is 6.40. The first-order valence-corrected chi connectivity index (χ1v) is 8.27. The minimum atomic E-state index is 0.0145. The first-order chi connectivity index (χ1) is 9.56. The van der Waals surface area contributed by atoms with E-state index in [4.69, 9.17) is 10.7 Å². The molecule has 3 nitrogen and oxygen atoms in total. The van der Waals surface area contributed by atoms with Crippen LogP contribution < -0.4 is 5.73 Å². The molecule has 1 aliphatic carbocycles. The number of hydrogen-bond acceptors (Lipinski definition) is 2. The normalized spacial score (nSPS) is 26.5. The van der Waals surface area contributed by atoms with Crippen molar-refractivity contribution in [1.82, 2.24) is 9.55 Å². The molecule has 0 aliphatic heterocycles. The lowest BCUT2D eigenvalue weighted by atomic mass is 9.84. The zero-order chi connectivity index (χ0) is 14.3. The van der Waals surface area contributed by atoms with E-state index in [1.165, 1.54) is 17.8 Å². The molecule has 1 heterocycles. The number of aromatic nitrogens is 2. The van der Waals surface area contributed by atoms with Crippen molar-refractivity contribution in [1.29, 1.82) is 0 Å². The van der Waals surface area contributed by atoms with Gasteiger partial charge in [-0.15, -0.1) is 0 Å². The van der Waals surface area contributed by atoms with Gasteiger partial charge in [0.1, 0.15) is 5.82 Å². The summed E-state index contributed by atoms with van der Waals surface area (Å²) in [6, 6.07) is 6.58. The monoisotopic (exact) mass is 335 g/mol. The van der Waals surface area contributed by atoms with Crippen molar-refractivity contribution in [3.8, 4) is 0 Å². The summed E-state index contributed by atoms with van der Waals surface area (Å²) in [5.41, 5.74) is 8.71. The van der Waals surface area contributed by atoms with Gasteiger partial charge in [-0.05, 0) is 37.5 Å². The van der Waals surface area contributed by atoms with E-state index in [2.05, 4.69) is 52.5 Å². The summed E-state index contributed by atoms with van der Waals surface area (Å²) in [7, 11) is 0. The number of nitrogens with two attached hydrogens (primary N) is 1. The highest BCUT2D eigenvalue weighted by molar-refractivity contribution is 9.10. The highest BCUT2D eigenvalue weighted by Crippen LogP contribution is 2.40. The van der Waals surface area contributed by atoms with Crippen LogP contribution in [0, 0.1) is 0 Å². The number of fused-ring (bicyclic) bond motifs is 1. The zero-order valence-corrected chi connectivity index (χ0v) is 13.8. The summed E-state index contributed by atoms with van der Waals surface area (Å²) in [5.74, 6) is 1.18. The average molecular weight is 336 g/mol. The van der Waals surface area contributed by atoms with Gasteiger partial charge in [0.05, 0.1) is 11.0 Å². The van der Waals surface area contributed by atoms with E-state index in [1.807, 2.05) is 0 Å². The number of halogens is 1. The predicted octanol–water partition coefficient (Wildman–Crippen LogP) is 3.98. The van der Waals surface area contributed by atoms with Gasteiger partial charge in [-0.1, -0.05) is 36.2 Å². The Kier molecular flexibility index (Phi) is 3.63. The van der Waals surface area contributed by atoms with Gasteiger partial charge in [0.2, 0.25) is 0 Å². The van der Waals surface area contributed by atoms with Crippen molar-refractivity contribution in [2.75, 3.05) is 0 Å². The van der Waals surface area contributed by atoms with E-state index < -0.39 is 0 Å². The van der Waals surface area contributed by atoms with Crippen molar-refractivity contribution in [3.63, 3.8) is 0 Å². The van der Waals surface area contributed by atoms with Gasteiger partial charge in [-0.2, -0.15) is 0 Å². The van der Waals surface area contributed by atoms with Gasteiger partial charge in [-0.3, -0.25) is 0 Å². The lowest BCUT2D eigenvalue weighted by Gasteiger charge is -2.29. The van der Waals surface area contributed by atoms with Gasteiger partial charge >= 0.3 is 0 Å². The standard InChI is InChI=1S/C16H22BrN3/c1-3-9-20-13-7-6-11(17)10-12(13)19-15(20)16(2)8-4-5-14(16)18/h6-7,10,14H,3-5,8-9,18H2,1-2H3. The molecular formula is C16H22BrN3. The molecule has 1 saturated carbocycles. The second-order valence-corrected chi connectivity index (χ2v) is 7.05. The summed E-state index contributed by atoms with van der Waals surface area (Å²) in [5, 5.41) is 0. The molecule has 2 unspecified atom stereocenters. The third-order valence-corrected chi connectivity index (χ3v) is 5.19. The van der Waals surface area contributed by atoms with Crippen molar-refractivity contribution in [2.45, 2.75) is 57.5 Å². The molecule has 0 amide bonds. The van der Waals surface area contributed by atoms with E-state index in [-0.39, 0.29) is 11.5 Å². The Morgan fingerprint density at radius 1 is 1.50 bits per heavy atom. The molecule has 0 spiro atoms. The second-order valence-electron chi connectivity index (χ2n) is 6.14. The van der Waals surface area contributed by atoms with Crippen LogP contribution in [0.15, 0.2) is 22.7 Å². The smallest absolute Gasteiger partial charge is 0.117 e. The summed E-state index contributed by atoms with van der Waals surface area (Å²) >= 11 is 3.54. The van der Waals surface area contributed by atoms with Crippen molar-refractivity contribution < 1.29 is 0 Å². The molecule has 2 atom stereocenters. The first kappa shape index (κ1) is 14.1. The van der Waals surface area contributed by atoms with E-state index in [9.17, 15) is 0 Å². The highest BCUT2D eigenvalue weighted by atomic mass is 79.9. The minimum Gasteiger partial charge on any atom is -0.327 e. The fourth-order valence-corrected chi connectivity index (χ4v) is 3.81. The molecule has 0 bridgehead atoms. The predicted molar refractivity (Wildman–Crippen MR) is 86.9 cm³/mol. The Morgan fingerprint density at radius 3 is 2.95 bits per heavy atom. The number of hydrogen-bond donors (Lipinski definition) is 1. The SMILES string of the molecule is CCCn1c(C2(C)CCCC2N)nc2cc(Br)ccc21. The molecule has 108 valence electrons. The van der Waals surface area contributed by atoms with Crippen LogP contribution in [-0.2, 0) is 12.0 Å². The molecule has 0 saturated heterocycles. The quantitative estimate of drug-likeness (QED) is 0.921. The summed E-state index contributed by atoms with van der Waals surface area (Å²) in [6.45, 7) is 5.51. The number of nitrogens with zero attached hydrogens (tertiary/aromatic N) is 2. The van der Waals surface area contributed by atoms with E-state index >= 15 is 0 Å². The van der Waals surface area contributed by atoms with Gasteiger partial charge in [-0.25, -0.2) is 4.98 Å². The van der Waals surface area contributed by atoms with Crippen LogP contribution in [0.1, 0.15) is 45.4 Å². The average Bonchev–Trinajstić information content (AvgIpc) is 2.93. The van der Waals surface area contributed by atoms with Gasteiger partial charge in [0.15, 0.2) is 0 Å². The Balaban J connectivity index is 2.21. The van der Waals surface area contributed by atoms with Crippen LogP contribution in [0.5, 0.6) is 0 Å². The molecule has 4 heteroatoms. The molecular weight excluding hydrogens is 314 g/mol. The topological polar surface area (TPSA) is 43.8 Å². The van der Waals surface area contributed by atoms with Crippen LogP contribution in [0.2, 0.25) is 0 Å². The van der Waals surface area contributed by atoms with Crippen LogP contribution in [-0.4, -0.2) is 15.6 Å². The first-order valence-electron chi connectivity index (χ1n) is 7.48. The van der Waals surface area contributed by atoms with E-state index in [1.54, 1.807) is 0 Å².